The van der Waals surface area contributed by atoms with E-state index in [2.05, 4.69) is 32.3 Å². The van der Waals surface area contributed by atoms with Crippen molar-refractivity contribution >= 4 is 33.0 Å². The second-order valence-corrected chi connectivity index (χ2v) is 5.42. The van der Waals surface area contributed by atoms with E-state index in [1.54, 1.807) is 23.6 Å². The molecule has 3 nitrogen and oxygen atoms in total. The molecule has 0 radical (unpaired) electrons. The molecule has 0 spiro atoms. The van der Waals surface area contributed by atoms with Crippen molar-refractivity contribution in [3.63, 3.8) is 0 Å². The van der Waals surface area contributed by atoms with Crippen LogP contribution in [-0.2, 0) is 0 Å². The molecule has 0 aliphatic rings. The normalized spacial score (nSPS) is 11.8. The average Bonchev–Trinajstić information content (AvgIpc) is 2.81. The topological polar surface area (TPSA) is 48.7 Å². The van der Waals surface area contributed by atoms with Crippen molar-refractivity contribution in [2.45, 2.75) is 13.0 Å². The predicted octanol–water partition coefficient (Wildman–Crippen LogP) is 3.95. The first-order chi connectivity index (χ1) is 8.19. The van der Waals surface area contributed by atoms with Crippen LogP contribution in [0, 0.1) is 11.3 Å². The number of thiazole rings is 1. The van der Waals surface area contributed by atoms with Crippen molar-refractivity contribution in [1.82, 2.24) is 4.98 Å². The summed E-state index contributed by atoms with van der Waals surface area (Å²) in [6.07, 6.45) is 1.79. The maximum Gasteiger partial charge on any atom is 0.115 e. The van der Waals surface area contributed by atoms with E-state index in [1.165, 1.54) is 0 Å². The highest BCUT2D eigenvalue weighted by Crippen LogP contribution is 2.24. The van der Waals surface area contributed by atoms with Crippen molar-refractivity contribution in [2.24, 2.45) is 0 Å². The molecule has 0 saturated heterocycles. The summed E-state index contributed by atoms with van der Waals surface area (Å²) in [6, 6.07) is 7.84. The fourth-order valence-corrected chi connectivity index (χ4v) is 2.64. The third-order valence-electron chi connectivity index (χ3n) is 2.23. The summed E-state index contributed by atoms with van der Waals surface area (Å²) >= 11 is 5.00. The molecule has 0 bridgehead atoms. The molecule has 5 heteroatoms. The molecule has 86 valence electrons. The van der Waals surface area contributed by atoms with Crippen LogP contribution >= 0.6 is 27.3 Å². The zero-order chi connectivity index (χ0) is 12.3. The third kappa shape index (κ3) is 3.05. The largest absolute Gasteiger partial charge is 0.376 e. The Morgan fingerprint density at radius 1 is 1.47 bits per heavy atom. The number of nitrogens with one attached hydrogen (secondary N) is 1. The minimum absolute atomic E-state index is 0.135. The van der Waals surface area contributed by atoms with E-state index in [9.17, 15) is 0 Å². The van der Waals surface area contributed by atoms with Crippen LogP contribution < -0.4 is 5.32 Å². The van der Waals surface area contributed by atoms with Crippen molar-refractivity contribution in [2.75, 3.05) is 5.32 Å². The highest BCUT2D eigenvalue weighted by atomic mass is 79.9. The van der Waals surface area contributed by atoms with Crippen LogP contribution in [0.15, 0.2) is 34.2 Å². The number of hydrogen-bond acceptors (Lipinski definition) is 4. The zero-order valence-corrected chi connectivity index (χ0v) is 11.5. The Labute approximate surface area is 112 Å². The van der Waals surface area contributed by atoms with Gasteiger partial charge < -0.3 is 5.32 Å². The molecular weight excluding hydrogens is 298 g/mol. The Kier molecular flexibility index (Phi) is 3.77. The minimum Gasteiger partial charge on any atom is -0.376 e. The second kappa shape index (κ2) is 5.30. The summed E-state index contributed by atoms with van der Waals surface area (Å²) in [7, 11) is 0. The van der Waals surface area contributed by atoms with Gasteiger partial charge in [-0.05, 0) is 25.1 Å². The lowest BCUT2D eigenvalue weighted by Gasteiger charge is -2.13. The zero-order valence-electron chi connectivity index (χ0n) is 9.14. The third-order valence-corrected chi connectivity index (χ3v) is 3.65. The van der Waals surface area contributed by atoms with Crippen molar-refractivity contribution in [3.8, 4) is 6.07 Å². The number of benzene rings is 1. The van der Waals surface area contributed by atoms with E-state index in [0.717, 1.165) is 15.2 Å². The van der Waals surface area contributed by atoms with Gasteiger partial charge in [0.05, 0.1) is 17.7 Å². The maximum absolute atomic E-state index is 8.90. The monoisotopic (exact) mass is 307 g/mol. The van der Waals surface area contributed by atoms with Crippen LogP contribution in [0.3, 0.4) is 0 Å². The van der Waals surface area contributed by atoms with Gasteiger partial charge in [0.2, 0.25) is 0 Å². The van der Waals surface area contributed by atoms with Crippen LogP contribution in [0.5, 0.6) is 0 Å². The Morgan fingerprint density at radius 3 is 2.94 bits per heavy atom. The van der Waals surface area contributed by atoms with Crippen molar-refractivity contribution in [3.05, 3.63) is 44.8 Å². The molecule has 0 aliphatic carbocycles. The van der Waals surface area contributed by atoms with Gasteiger partial charge >= 0.3 is 0 Å². The smallest absolute Gasteiger partial charge is 0.115 e. The number of aromatic nitrogens is 1. The SMILES string of the molecule is CC(Nc1cc(Br)cc(C#N)c1)c1nccs1. The quantitative estimate of drug-likeness (QED) is 0.934. The molecule has 2 aromatic rings. The lowest BCUT2D eigenvalue weighted by atomic mass is 10.2. The summed E-state index contributed by atoms with van der Waals surface area (Å²) in [5.41, 5.74) is 1.55. The average molecular weight is 308 g/mol. The molecule has 1 N–H and O–H groups in total. The van der Waals surface area contributed by atoms with Gasteiger partial charge in [-0.25, -0.2) is 4.98 Å². The highest BCUT2D eigenvalue weighted by molar-refractivity contribution is 9.10. The Morgan fingerprint density at radius 2 is 2.29 bits per heavy atom. The van der Waals surface area contributed by atoms with Gasteiger partial charge in [-0.2, -0.15) is 5.26 Å². The molecule has 2 rings (SSSR count). The van der Waals surface area contributed by atoms with Gasteiger partial charge in [-0.15, -0.1) is 11.3 Å². The molecule has 17 heavy (non-hydrogen) atoms. The van der Waals surface area contributed by atoms with Gasteiger partial charge in [-0.3, -0.25) is 0 Å². The summed E-state index contributed by atoms with van der Waals surface area (Å²) in [5.74, 6) is 0. The fraction of sp³-hybridized carbons (Fsp3) is 0.167. The number of anilines is 1. The minimum atomic E-state index is 0.135. The Hall–Kier alpha value is -1.38. The first-order valence-corrected chi connectivity index (χ1v) is 6.73. The van der Waals surface area contributed by atoms with E-state index >= 15 is 0 Å². The summed E-state index contributed by atoms with van der Waals surface area (Å²) < 4.78 is 0.894. The van der Waals surface area contributed by atoms with Gasteiger partial charge in [0, 0.05) is 21.7 Å². The van der Waals surface area contributed by atoms with Crippen LogP contribution in [0.25, 0.3) is 0 Å². The Bertz CT molecular complexity index is 545. The molecular formula is C12H10BrN3S. The van der Waals surface area contributed by atoms with E-state index in [1.807, 2.05) is 24.4 Å². The molecule has 0 aliphatic heterocycles. The van der Waals surface area contributed by atoms with E-state index in [-0.39, 0.29) is 6.04 Å². The number of hydrogen-bond donors (Lipinski definition) is 1. The van der Waals surface area contributed by atoms with E-state index < -0.39 is 0 Å². The van der Waals surface area contributed by atoms with E-state index in [4.69, 9.17) is 5.26 Å². The Balaban J connectivity index is 2.19. The summed E-state index contributed by atoms with van der Waals surface area (Å²) in [4.78, 5) is 4.26. The van der Waals surface area contributed by atoms with Gasteiger partial charge in [0.15, 0.2) is 0 Å². The lowest BCUT2D eigenvalue weighted by molar-refractivity contribution is 0.869. The van der Waals surface area contributed by atoms with Crippen LogP contribution in [0.2, 0.25) is 0 Å². The van der Waals surface area contributed by atoms with Gasteiger partial charge in [0.1, 0.15) is 5.01 Å². The van der Waals surface area contributed by atoms with Crippen LogP contribution in [0.4, 0.5) is 5.69 Å². The number of rotatable bonds is 3. The van der Waals surface area contributed by atoms with Crippen molar-refractivity contribution in [1.29, 1.82) is 5.26 Å². The molecule has 1 atom stereocenters. The number of nitriles is 1. The molecule has 0 saturated carbocycles. The first-order valence-electron chi connectivity index (χ1n) is 5.05. The van der Waals surface area contributed by atoms with Crippen molar-refractivity contribution < 1.29 is 0 Å². The molecule has 0 fully saturated rings. The maximum atomic E-state index is 8.90. The van der Waals surface area contributed by atoms with Crippen LogP contribution in [0.1, 0.15) is 23.5 Å². The second-order valence-electron chi connectivity index (χ2n) is 3.58. The molecule has 1 heterocycles. The number of nitrogens with zero attached hydrogens (tertiary/aromatic N) is 2. The van der Waals surface area contributed by atoms with Crippen LogP contribution in [-0.4, -0.2) is 4.98 Å². The van der Waals surface area contributed by atoms with E-state index in [0.29, 0.717) is 5.56 Å². The fourth-order valence-electron chi connectivity index (χ4n) is 1.50. The molecule has 1 unspecified atom stereocenters. The molecule has 1 aromatic heterocycles. The standard InChI is InChI=1S/C12H10BrN3S/c1-8(12-15-2-3-17-12)16-11-5-9(7-14)4-10(13)6-11/h2-6,8,16H,1H3. The van der Waals surface area contributed by atoms with Gasteiger partial charge in [0.25, 0.3) is 0 Å². The molecule has 1 aromatic carbocycles. The molecule has 0 amide bonds. The summed E-state index contributed by atoms with van der Waals surface area (Å²) in [5, 5.41) is 15.2. The first kappa shape index (κ1) is 12.1. The predicted molar refractivity (Wildman–Crippen MR) is 73.0 cm³/mol. The highest BCUT2D eigenvalue weighted by Gasteiger charge is 2.08. The van der Waals surface area contributed by atoms with Gasteiger partial charge in [-0.1, -0.05) is 15.9 Å². The summed E-state index contributed by atoms with van der Waals surface area (Å²) in [6.45, 7) is 2.05. The number of halogens is 1. The lowest BCUT2D eigenvalue weighted by Crippen LogP contribution is -2.06.